The van der Waals surface area contributed by atoms with Crippen LogP contribution in [-0.4, -0.2) is 74.1 Å². The molecule has 4 heterocycles. The zero-order valence-corrected chi connectivity index (χ0v) is 22.7. The summed E-state index contributed by atoms with van der Waals surface area (Å²) in [5, 5.41) is -0.533. The van der Waals surface area contributed by atoms with E-state index < -0.39 is 36.2 Å². The lowest BCUT2D eigenvalue weighted by Crippen LogP contribution is -2.54. The predicted octanol–water partition coefficient (Wildman–Crippen LogP) is 0.937. The van der Waals surface area contributed by atoms with E-state index in [0.29, 0.717) is 17.5 Å². The predicted molar refractivity (Wildman–Crippen MR) is 149 cm³/mol. The number of fused-ring (bicyclic) bond motifs is 9. The molecule has 6 rings (SSSR count). The van der Waals surface area contributed by atoms with Gasteiger partial charge in [0.15, 0.2) is 0 Å². The van der Waals surface area contributed by atoms with Crippen LogP contribution in [0.5, 0.6) is 5.75 Å². The summed E-state index contributed by atoms with van der Waals surface area (Å²) in [6, 6.07) is 9.95. The molecule has 3 aliphatic rings. The average Bonchev–Trinajstić information content (AvgIpc) is 3.37. The molecule has 1 unspecified atom stereocenters. The molecule has 2 aromatic carbocycles. The summed E-state index contributed by atoms with van der Waals surface area (Å²) < 4.78 is 46.6. The fourth-order valence-corrected chi connectivity index (χ4v) is 6.02. The molecule has 0 N–H and O–H groups in total. The highest BCUT2D eigenvalue weighted by Gasteiger charge is 2.52. The van der Waals surface area contributed by atoms with Gasteiger partial charge in [0.1, 0.15) is 35.1 Å². The van der Waals surface area contributed by atoms with Crippen molar-refractivity contribution in [2.24, 2.45) is 0 Å². The highest BCUT2D eigenvalue weighted by Crippen LogP contribution is 2.51. The summed E-state index contributed by atoms with van der Waals surface area (Å²) >= 11 is 0. The van der Waals surface area contributed by atoms with Crippen LogP contribution in [-0.2, 0) is 9.31 Å². The minimum Gasteiger partial charge on any atom is -0.434 e. The molecule has 194 valence electrons. The zero-order chi connectivity index (χ0) is 27.4. The Kier molecular flexibility index (Phi) is 5.44. The number of alkyl halides is 2. The number of amides is 1. The van der Waals surface area contributed by atoms with Gasteiger partial charge in [0, 0.05) is 17.5 Å². The molecule has 1 amide bonds. The van der Waals surface area contributed by atoms with Gasteiger partial charge in [-0.2, -0.15) is 8.78 Å². The summed E-state index contributed by atoms with van der Waals surface area (Å²) in [7, 11) is 5.38. The molecule has 2 atom stereocenters. The Morgan fingerprint density at radius 3 is 2.42 bits per heavy atom. The first kappa shape index (κ1) is 25.5. The van der Waals surface area contributed by atoms with Gasteiger partial charge in [-0.3, -0.25) is 4.79 Å². The second-order valence-corrected chi connectivity index (χ2v) is 12.4. The van der Waals surface area contributed by atoms with Crippen LogP contribution in [0.15, 0.2) is 36.4 Å². The van der Waals surface area contributed by atoms with Crippen LogP contribution in [0.2, 0.25) is 0 Å². The van der Waals surface area contributed by atoms with Gasteiger partial charge in [0.25, 0.3) is 5.91 Å². The number of hydrogen-bond acceptors (Lipinski definition) is 5. The lowest BCUT2D eigenvalue weighted by Gasteiger charge is -2.40. The van der Waals surface area contributed by atoms with E-state index in [-0.39, 0.29) is 17.7 Å². The summed E-state index contributed by atoms with van der Waals surface area (Å²) in [5.74, 6) is 0.537. The maximum atomic E-state index is 13.9. The minimum absolute atomic E-state index is 0.0159. The average molecular weight is 517 g/mol. The maximum Gasteiger partial charge on any atom is 0.494 e. The Bertz CT molecular complexity index is 1460. The number of benzene rings is 2. The van der Waals surface area contributed by atoms with Crippen LogP contribution in [0.1, 0.15) is 67.9 Å². The van der Waals surface area contributed by atoms with Crippen molar-refractivity contribution in [1.29, 1.82) is 0 Å². The van der Waals surface area contributed by atoms with Gasteiger partial charge in [-0.15, -0.1) is 0 Å². The Labute approximate surface area is 223 Å². The van der Waals surface area contributed by atoms with Crippen LogP contribution < -0.4 is 10.2 Å². The van der Waals surface area contributed by atoms with Gasteiger partial charge >= 0.3 is 13.7 Å². The zero-order valence-electron chi connectivity index (χ0n) is 22.7. The second-order valence-electron chi connectivity index (χ2n) is 12.4. The third kappa shape index (κ3) is 3.65. The van der Waals surface area contributed by atoms with Crippen molar-refractivity contribution in [3.05, 3.63) is 53.3 Å². The molecule has 1 fully saturated rings. The molecule has 13 heteroatoms. The largest absolute Gasteiger partial charge is 0.494 e. The van der Waals surface area contributed by atoms with Gasteiger partial charge in [0.05, 0.1) is 34.3 Å². The van der Waals surface area contributed by atoms with E-state index >= 15 is 0 Å². The smallest absolute Gasteiger partial charge is 0.434 e. The topological polar surface area (TPSA) is 65.8 Å². The van der Waals surface area contributed by atoms with Crippen molar-refractivity contribution < 1.29 is 27.6 Å². The molecular weight excluding hydrogens is 488 g/mol. The summed E-state index contributed by atoms with van der Waals surface area (Å²) in [6.45, 7) is 5.02. The van der Waals surface area contributed by atoms with E-state index in [1.165, 1.54) is 6.07 Å². The van der Waals surface area contributed by atoms with E-state index in [1.807, 2.05) is 74.3 Å². The minimum atomic E-state index is -3.01. The lowest BCUT2D eigenvalue weighted by atomic mass is 9.48. The Morgan fingerprint density at radius 2 is 1.79 bits per heavy atom. The molecule has 0 aliphatic carbocycles. The number of nitrogens with zero attached hydrogens (tertiary/aromatic N) is 3. The monoisotopic (exact) mass is 517 g/mol. The first-order valence-corrected chi connectivity index (χ1v) is 13.0. The fourth-order valence-electron chi connectivity index (χ4n) is 6.02. The standard InChI is InChI=1S/C25H29B4F2N3O4/c1-23(2)24(3,4)38-29(37-23)12-8-9-14-15(10-12)33-16-11-17(20(33)32-14)34(25(26,27)28)21(35)13-6-5-7-18(19(13)16)36-22(30)31/h5-10,16-17,22H,11,26-28H2,1-4H3/t16-,17?/m1/s1. The number of carbonyl (C=O) groups is 1. The number of aromatic nitrogens is 2. The SMILES string of the molecule is BC(B)(B)N1C(=O)c2cccc(OC(F)F)c2[C@H]2CC1c1nc3ccc(B4OC(C)(C)C(C)(C)O4)cc3n12. The van der Waals surface area contributed by atoms with Crippen LogP contribution in [0.4, 0.5) is 8.78 Å². The number of rotatable bonds is 4. The van der Waals surface area contributed by atoms with Crippen molar-refractivity contribution in [1.82, 2.24) is 14.5 Å². The fraction of sp³-hybridized carbons (Fsp3) is 0.440. The number of hydrogen-bond donors (Lipinski definition) is 0. The van der Waals surface area contributed by atoms with Crippen LogP contribution in [0, 0.1) is 0 Å². The highest BCUT2D eigenvalue weighted by atomic mass is 19.3. The van der Waals surface area contributed by atoms with E-state index in [4.69, 9.17) is 19.0 Å². The van der Waals surface area contributed by atoms with Crippen LogP contribution in [0.25, 0.3) is 11.0 Å². The lowest BCUT2D eigenvalue weighted by molar-refractivity contribution is -0.0507. The van der Waals surface area contributed by atoms with Crippen molar-refractivity contribution in [2.75, 3.05) is 0 Å². The van der Waals surface area contributed by atoms with E-state index in [2.05, 4.69) is 4.57 Å². The van der Waals surface area contributed by atoms with Crippen molar-refractivity contribution in [3.63, 3.8) is 0 Å². The van der Waals surface area contributed by atoms with Gasteiger partial charge in [0.2, 0.25) is 0 Å². The summed E-state index contributed by atoms with van der Waals surface area (Å²) in [4.78, 5) is 20.7. The van der Waals surface area contributed by atoms with Gasteiger partial charge in [-0.05, 0) is 62.7 Å². The molecule has 1 saturated heterocycles. The van der Waals surface area contributed by atoms with Crippen molar-refractivity contribution >= 4 is 53.1 Å². The number of halogens is 2. The Morgan fingerprint density at radius 1 is 1.11 bits per heavy atom. The van der Waals surface area contributed by atoms with Crippen molar-refractivity contribution in [2.45, 2.75) is 69.3 Å². The van der Waals surface area contributed by atoms with Crippen molar-refractivity contribution in [3.8, 4) is 5.75 Å². The molecule has 1 aromatic heterocycles. The normalized spacial score (nSPS) is 23.6. The van der Waals surface area contributed by atoms with E-state index in [0.717, 1.165) is 22.3 Å². The molecule has 7 nitrogen and oxygen atoms in total. The number of carbonyl (C=O) groups excluding carboxylic acids is 1. The number of imidazole rings is 1. The summed E-state index contributed by atoms with van der Waals surface area (Å²) in [5.41, 5.74) is 2.30. The molecule has 0 radical (unpaired) electrons. The second kappa shape index (κ2) is 8.11. The quantitative estimate of drug-likeness (QED) is 0.483. The van der Waals surface area contributed by atoms with E-state index in [9.17, 15) is 13.6 Å². The van der Waals surface area contributed by atoms with Gasteiger partial charge in [-0.25, -0.2) is 4.98 Å². The first-order chi connectivity index (χ1) is 17.7. The van der Waals surface area contributed by atoms with Crippen LogP contribution in [0.3, 0.4) is 0 Å². The van der Waals surface area contributed by atoms with Crippen LogP contribution >= 0.6 is 0 Å². The third-order valence-corrected chi connectivity index (χ3v) is 8.42. The Balaban J connectivity index is 1.56. The molecule has 2 bridgehead atoms. The molecular formula is C25H29B4F2N3O4. The molecule has 38 heavy (non-hydrogen) atoms. The van der Waals surface area contributed by atoms with Gasteiger partial charge in [-0.1, -0.05) is 12.1 Å². The first-order valence-electron chi connectivity index (χ1n) is 13.0. The Hall–Kier alpha value is -2.78. The molecule has 0 saturated carbocycles. The van der Waals surface area contributed by atoms with Gasteiger partial charge < -0.3 is 23.5 Å². The third-order valence-electron chi connectivity index (χ3n) is 8.42. The molecule has 0 spiro atoms. The molecule has 3 aliphatic heterocycles. The number of ether oxygens (including phenoxy) is 1. The molecule has 3 aromatic rings. The summed E-state index contributed by atoms with van der Waals surface area (Å²) in [6.07, 6.45) is 0.513. The van der Waals surface area contributed by atoms with E-state index in [1.54, 1.807) is 12.1 Å². The highest BCUT2D eigenvalue weighted by molar-refractivity contribution is 6.62. The maximum absolute atomic E-state index is 13.9.